The van der Waals surface area contributed by atoms with Crippen LogP contribution in [-0.2, 0) is 14.3 Å². The molecule has 3 rings (SSSR count). The lowest BCUT2D eigenvalue weighted by atomic mass is 9.94. The molecule has 1 atom stereocenters. The smallest absolute Gasteiger partial charge is 0.295 e. The molecule has 1 heterocycles. The van der Waals surface area contributed by atoms with Gasteiger partial charge in [-0.3, -0.25) is 9.59 Å². The van der Waals surface area contributed by atoms with Crippen LogP contribution in [0, 0.1) is 6.92 Å². The van der Waals surface area contributed by atoms with Crippen LogP contribution in [0.5, 0.6) is 17.2 Å². The molecule has 194 valence electrons. The summed E-state index contributed by atoms with van der Waals surface area (Å²) in [5.41, 5.74) is 1.76. The molecule has 0 aliphatic carbocycles. The Morgan fingerprint density at radius 2 is 1.78 bits per heavy atom. The Kier molecular flexibility index (Phi) is 9.36. The van der Waals surface area contributed by atoms with Gasteiger partial charge in [0.1, 0.15) is 11.5 Å². The van der Waals surface area contributed by atoms with Gasteiger partial charge in [0.15, 0.2) is 11.5 Å². The third kappa shape index (κ3) is 5.82. The molecule has 0 unspecified atom stereocenters. The number of carbonyl (C=O) groups is 2. The van der Waals surface area contributed by atoms with Gasteiger partial charge in [0.05, 0.1) is 24.8 Å². The molecule has 1 aliphatic heterocycles. The molecule has 0 spiro atoms. The number of benzene rings is 2. The van der Waals surface area contributed by atoms with Crippen molar-refractivity contribution < 1.29 is 34.0 Å². The maximum Gasteiger partial charge on any atom is 0.295 e. The van der Waals surface area contributed by atoms with Crippen molar-refractivity contribution >= 4 is 17.4 Å². The Hall–Kier alpha value is -3.52. The van der Waals surface area contributed by atoms with Crippen LogP contribution >= 0.6 is 0 Å². The SMILES string of the molecule is CCCCOc1ccc(/C(O)=C2\C(=O)C(=O)N(CCCOC)[C@H]2c2ccc(O)c(OCC)c2)cc1C. The summed E-state index contributed by atoms with van der Waals surface area (Å²) in [5.74, 6) is -0.826. The number of hydrogen-bond acceptors (Lipinski definition) is 7. The number of aryl methyl sites for hydroxylation is 1. The maximum absolute atomic E-state index is 13.2. The highest BCUT2D eigenvalue weighted by molar-refractivity contribution is 6.46. The number of amides is 1. The predicted molar refractivity (Wildman–Crippen MR) is 136 cm³/mol. The summed E-state index contributed by atoms with van der Waals surface area (Å²) in [6.07, 6.45) is 2.47. The Bertz CT molecular complexity index is 1120. The number of aromatic hydroxyl groups is 1. The van der Waals surface area contributed by atoms with Crippen LogP contribution in [0.4, 0.5) is 0 Å². The number of phenolic OH excluding ortho intramolecular Hbond substituents is 1. The number of methoxy groups -OCH3 is 1. The lowest BCUT2D eigenvalue weighted by Gasteiger charge is -2.26. The molecule has 8 nitrogen and oxygen atoms in total. The first kappa shape index (κ1) is 27.1. The van der Waals surface area contributed by atoms with Crippen molar-refractivity contribution in [2.75, 3.05) is 33.5 Å². The molecule has 0 bridgehead atoms. The number of hydrogen-bond donors (Lipinski definition) is 2. The van der Waals surface area contributed by atoms with Gasteiger partial charge in [-0.25, -0.2) is 0 Å². The van der Waals surface area contributed by atoms with E-state index >= 15 is 0 Å². The van der Waals surface area contributed by atoms with Gasteiger partial charge >= 0.3 is 0 Å². The Morgan fingerprint density at radius 1 is 1.00 bits per heavy atom. The van der Waals surface area contributed by atoms with Crippen LogP contribution in [0.3, 0.4) is 0 Å². The topological polar surface area (TPSA) is 106 Å². The molecule has 1 amide bonds. The lowest BCUT2D eigenvalue weighted by Crippen LogP contribution is -2.31. The third-order valence-corrected chi connectivity index (χ3v) is 6.09. The fourth-order valence-corrected chi connectivity index (χ4v) is 4.25. The largest absolute Gasteiger partial charge is 0.507 e. The number of carbonyl (C=O) groups excluding carboxylic acids is 2. The maximum atomic E-state index is 13.2. The van der Waals surface area contributed by atoms with Crippen molar-refractivity contribution in [2.45, 2.75) is 46.1 Å². The highest BCUT2D eigenvalue weighted by Gasteiger charge is 2.46. The fraction of sp³-hybridized carbons (Fsp3) is 0.429. The molecule has 0 saturated carbocycles. The number of ether oxygens (including phenoxy) is 3. The minimum absolute atomic E-state index is 0.00962. The number of aliphatic hydroxyl groups is 1. The van der Waals surface area contributed by atoms with Crippen molar-refractivity contribution in [2.24, 2.45) is 0 Å². The fourth-order valence-electron chi connectivity index (χ4n) is 4.25. The minimum Gasteiger partial charge on any atom is -0.507 e. The van der Waals surface area contributed by atoms with Crippen molar-refractivity contribution in [3.63, 3.8) is 0 Å². The second-order valence-corrected chi connectivity index (χ2v) is 8.68. The van der Waals surface area contributed by atoms with Crippen LogP contribution in [0.25, 0.3) is 5.76 Å². The standard InChI is InChI=1S/C28H35NO7/c1-5-7-15-36-22-12-10-20(16-18(22)3)26(31)24-25(19-9-11-21(30)23(17-19)35-6-2)29(13-8-14-34-4)28(33)27(24)32/h9-12,16-17,25,30-31H,5-8,13-15H2,1-4H3/b26-24+/t25-/m0/s1. The van der Waals surface area contributed by atoms with Gasteiger partial charge in [-0.05, 0) is 68.1 Å². The van der Waals surface area contributed by atoms with Gasteiger partial charge in [0, 0.05) is 25.8 Å². The van der Waals surface area contributed by atoms with Gasteiger partial charge in [0.2, 0.25) is 0 Å². The van der Waals surface area contributed by atoms with Crippen molar-refractivity contribution in [3.8, 4) is 17.2 Å². The van der Waals surface area contributed by atoms with E-state index in [9.17, 15) is 19.8 Å². The molecule has 1 fully saturated rings. The molecule has 0 aromatic heterocycles. The highest BCUT2D eigenvalue weighted by atomic mass is 16.5. The highest BCUT2D eigenvalue weighted by Crippen LogP contribution is 2.42. The quantitative estimate of drug-likeness (QED) is 0.189. The first-order valence-electron chi connectivity index (χ1n) is 12.3. The number of aliphatic hydroxyl groups excluding tert-OH is 1. The van der Waals surface area contributed by atoms with Crippen molar-refractivity contribution in [1.82, 2.24) is 4.90 Å². The number of Topliss-reactive ketones (excluding diaryl/α,β-unsaturated/α-hetero) is 1. The van der Waals surface area contributed by atoms with E-state index in [-0.39, 0.29) is 29.4 Å². The number of unbranched alkanes of at least 4 members (excludes halogenated alkanes) is 1. The summed E-state index contributed by atoms with van der Waals surface area (Å²) >= 11 is 0. The second-order valence-electron chi connectivity index (χ2n) is 8.68. The summed E-state index contributed by atoms with van der Waals surface area (Å²) in [5, 5.41) is 21.5. The number of phenols is 1. The second kappa shape index (κ2) is 12.4. The van der Waals surface area contributed by atoms with E-state index in [0.717, 1.165) is 18.4 Å². The molecule has 1 saturated heterocycles. The monoisotopic (exact) mass is 497 g/mol. The Balaban J connectivity index is 2.08. The molecule has 36 heavy (non-hydrogen) atoms. The predicted octanol–water partition coefficient (Wildman–Crippen LogP) is 4.74. The molecular formula is C28H35NO7. The van der Waals surface area contributed by atoms with Crippen molar-refractivity contribution in [1.29, 1.82) is 0 Å². The van der Waals surface area contributed by atoms with E-state index in [1.807, 2.05) is 6.92 Å². The van der Waals surface area contributed by atoms with Gasteiger partial charge in [-0.15, -0.1) is 0 Å². The normalized spacial score (nSPS) is 17.0. The van der Waals surface area contributed by atoms with Gasteiger partial charge < -0.3 is 29.3 Å². The molecule has 2 N–H and O–H groups in total. The summed E-state index contributed by atoms with van der Waals surface area (Å²) in [6.45, 7) is 7.34. The molecule has 8 heteroatoms. The Morgan fingerprint density at radius 3 is 2.44 bits per heavy atom. The zero-order valence-corrected chi connectivity index (χ0v) is 21.4. The molecule has 1 aliphatic rings. The molecular weight excluding hydrogens is 462 g/mol. The third-order valence-electron chi connectivity index (χ3n) is 6.09. The van der Waals surface area contributed by atoms with E-state index in [1.165, 1.54) is 11.0 Å². The van der Waals surface area contributed by atoms with E-state index in [0.29, 0.717) is 43.1 Å². The van der Waals surface area contributed by atoms with E-state index in [2.05, 4.69) is 6.92 Å². The molecule has 2 aromatic rings. The van der Waals surface area contributed by atoms with Crippen LogP contribution in [0.1, 0.15) is 55.8 Å². The zero-order valence-electron chi connectivity index (χ0n) is 21.4. The summed E-state index contributed by atoms with van der Waals surface area (Å²) in [6, 6.07) is 9.03. The van der Waals surface area contributed by atoms with Crippen LogP contribution in [-0.4, -0.2) is 60.3 Å². The first-order valence-corrected chi connectivity index (χ1v) is 12.3. The van der Waals surface area contributed by atoms with E-state index in [1.54, 1.807) is 44.4 Å². The molecule has 2 aromatic carbocycles. The van der Waals surface area contributed by atoms with Crippen molar-refractivity contribution in [3.05, 3.63) is 58.7 Å². The first-order chi connectivity index (χ1) is 17.3. The van der Waals surface area contributed by atoms with E-state index < -0.39 is 17.7 Å². The Labute approximate surface area is 212 Å². The van der Waals surface area contributed by atoms with E-state index in [4.69, 9.17) is 14.2 Å². The van der Waals surface area contributed by atoms with Crippen LogP contribution in [0.15, 0.2) is 42.0 Å². The number of rotatable bonds is 12. The number of nitrogens with zero attached hydrogens (tertiary/aromatic N) is 1. The van der Waals surface area contributed by atoms with Crippen LogP contribution < -0.4 is 9.47 Å². The van der Waals surface area contributed by atoms with Gasteiger partial charge in [-0.1, -0.05) is 19.4 Å². The minimum atomic E-state index is -0.845. The summed E-state index contributed by atoms with van der Waals surface area (Å²) in [4.78, 5) is 27.7. The number of ketones is 1. The summed E-state index contributed by atoms with van der Waals surface area (Å²) < 4.78 is 16.5. The van der Waals surface area contributed by atoms with Gasteiger partial charge in [-0.2, -0.15) is 0 Å². The number of likely N-dealkylation sites (tertiary alicyclic amines) is 1. The lowest BCUT2D eigenvalue weighted by molar-refractivity contribution is -0.140. The average molecular weight is 498 g/mol. The average Bonchev–Trinajstić information content (AvgIpc) is 3.11. The zero-order chi connectivity index (χ0) is 26.2. The van der Waals surface area contributed by atoms with Gasteiger partial charge in [0.25, 0.3) is 11.7 Å². The molecule has 0 radical (unpaired) electrons. The summed E-state index contributed by atoms with van der Waals surface area (Å²) in [7, 11) is 1.57. The van der Waals surface area contributed by atoms with Crippen LogP contribution in [0.2, 0.25) is 0 Å².